The molecule has 2 N–H and O–H groups in total. The molecule has 0 aromatic heterocycles. The fourth-order valence-electron chi connectivity index (χ4n) is 2.83. The van der Waals surface area contributed by atoms with E-state index in [0.717, 1.165) is 29.7 Å². The van der Waals surface area contributed by atoms with Gasteiger partial charge in [0.25, 0.3) is 0 Å². The molecule has 0 heterocycles. The van der Waals surface area contributed by atoms with Gasteiger partial charge in [0.15, 0.2) is 0 Å². The molecule has 1 aliphatic rings. The highest BCUT2D eigenvalue weighted by Gasteiger charge is 2.25. The molecular formula is C21H32N4O4. The lowest BCUT2D eigenvalue weighted by Crippen LogP contribution is -2.46. The van der Waals surface area contributed by atoms with E-state index in [2.05, 4.69) is 10.6 Å². The number of ether oxygens (including phenoxy) is 1. The molecule has 1 fully saturated rings. The van der Waals surface area contributed by atoms with Gasteiger partial charge in [0.2, 0.25) is 17.7 Å². The third kappa shape index (κ3) is 7.83. The largest absolute Gasteiger partial charge is 0.383 e. The lowest BCUT2D eigenvalue weighted by molar-refractivity contribution is -0.136. The van der Waals surface area contributed by atoms with Crippen molar-refractivity contribution in [2.45, 2.75) is 32.7 Å². The van der Waals surface area contributed by atoms with Gasteiger partial charge in [-0.2, -0.15) is 0 Å². The Morgan fingerprint density at radius 2 is 1.83 bits per heavy atom. The van der Waals surface area contributed by atoms with Crippen LogP contribution >= 0.6 is 0 Å². The van der Waals surface area contributed by atoms with Gasteiger partial charge in [0, 0.05) is 32.4 Å². The standard InChI is InChI=1S/C21H32N4O4/c1-15-6-5-7-18(16(15)2)23-20(27)13-25(10-11-29-4)14-21(28)24(3)12-19(26)22-17-8-9-17/h5-7,17H,8-14H2,1-4H3,(H,22,26)(H,23,27). The summed E-state index contributed by atoms with van der Waals surface area (Å²) in [5.41, 5.74) is 2.88. The van der Waals surface area contributed by atoms with E-state index in [-0.39, 0.29) is 43.4 Å². The number of benzene rings is 1. The van der Waals surface area contributed by atoms with E-state index in [4.69, 9.17) is 4.74 Å². The van der Waals surface area contributed by atoms with Crippen molar-refractivity contribution in [3.05, 3.63) is 29.3 Å². The van der Waals surface area contributed by atoms with Gasteiger partial charge in [0.05, 0.1) is 26.2 Å². The Balaban J connectivity index is 1.89. The quantitative estimate of drug-likeness (QED) is 0.573. The minimum Gasteiger partial charge on any atom is -0.383 e. The molecule has 0 radical (unpaired) electrons. The number of anilines is 1. The third-order valence-electron chi connectivity index (χ3n) is 4.97. The Morgan fingerprint density at radius 1 is 1.10 bits per heavy atom. The first kappa shape index (κ1) is 22.8. The van der Waals surface area contributed by atoms with Gasteiger partial charge in [-0.05, 0) is 43.9 Å². The molecule has 0 atom stereocenters. The summed E-state index contributed by atoms with van der Waals surface area (Å²) in [4.78, 5) is 40.1. The monoisotopic (exact) mass is 404 g/mol. The number of nitrogens with zero attached hydrogens (tertiary/aromatic N) is 2. The molecule has 0 bridgehead atoms. The van der Waals surface area contributed by atoms with Crippen LogP contribution in [-0.4, -0.2) is 80.5 Å². The summed E-state index contributed by atoms with van der Waals surface area (Å²) in [6.07, 6.45) is 2.01. The van der Waals surface area contributed by atoms with Gasteiger partial charge in [-0.15, -0.1) is 0 Å². The normalized spacial score (nSPS) is 13.3. The molecule has 160 valence electrons. The van der Waals surface area contributed by atoms with Gasteiger partial charge in [-0.3, -0.25) is 19.3 Å². The molecule has 29 heavy (non-hydrogen) atoms. The second kappa shape index (κ2) is 10.9. The first-order valence-electron chi connectivity index (χ1n) is 9.90. The zero-order valence-corrected chi connectivity index (χ0v) is 17.8. The topological polar surface area (TPSA) is 91.0 Å². The van der Waals surface area contributed by atoms with Crippen LogP contribution in [0.1, 0.15) is 24.0 Å². The van der Waals surface area contributed by atoms with Crippen molar-refractivity contribution in [2.24, 2.45) is 0 Å². The minimum absolute atomic E-state index is 0.0160. The van der Waals surface area contributed by atoms with Crippen molar-refractivity contribution in [1.29, 1.82) is 0 Å². The number of hydrogen-bond acceptors (Lipinski definition) is 5. The van der Waals surface area contributed by atoms with Crippen LogP contribution in [0.15, 0.2) is 18.2 Å². The number of amides is 3. The lowest BCUT2D eigenvalue weighted by Gasteiger charge is -2.24. The second-order valence-corrected chi connectivity index (χ2v) is 7.59. The molecule has 0 unspecified atom stereocenters. The van der Waals surface area contributed by atoms with Crippen molar-refractivity contribution in [2.75, 3.05) is 52.3 Å². The van der Waals surface area contributed by atoms with E-state index in [1.165, 1.54) is 4.90 Å². The SMILES string of the molecule is COCCN(CC(=O)Nc1cccc(C)c1C)CC(=O)N(C)CC(=O)NC1CC1. The van der Waals surface area contributed by atoms with E-state index < -0.39 is 0 Å². The summed E-state index contributed by atoms with van der Waals surface area (Å²) in [6.45, 7) is 4.90. The van der Waals surface area contributed by atoms with E-state index in [0.29, 0.717) is 13.2 Å². The van der Waals surface area contributed by atoms with Gasteiger partial charge in [0.1, 0.15) is 0 Å². The van der Waals surface area contributed by atoms with Crippen LogP contribution in [-0.2, 0) is 19.1 Å². The Kier molecular flexibility index (Phi) is 8.60. The second-order valence-electron chi connectivity index (χ2n) is 7.59. The highest BCUT2D eigenvalue weighted by atomic mass is 16.5. The number of rotatable bonds is 11. The average Bonchev–Trinajstić information content (AvgIpc) is 3.47. The molecule has 0 aliphatic heterocycles. The van der Waals surface area contributed by atoms with Crippen LogP contribution < -0.4 is 10.6 Å². The summed E-state index contributed by atoms with van der Waals surface area (Å²) in [5, 5.41) is 5.78. The van der Waals surface area contributed by atoms with Gasteiger partial charge in [-0.1, -0.05) is 12.1 Å². The highest BCUT2D eigenvalue weighted by Crippen LogP contribution is 2.18. The van der Waals surface area contributed by atoms with Gasteiger partial charge >= 0.3 is 0 Å². The van der Waals surface area contributed by atoms with E-state index >= 15 is 0 Å². The zero-order valence-electron chi connectivity index (χ0n) is 17.8. The van der Waals surface area contributed by atoms with E-state index in [1.54, 1.807) is 19.1 Å². The minimum atomic E-state index is -0.216. The number of methoxy groups -OCH3 is 1. The van der Waals surface area contributed by atoms with Crippen molar-refractivity contribution >= 4 is 23.4 Å². The van der Waals surface area contributed by atoms with Crippen molar-refractivity contribution in [3.8, 4) is 0 Å². The summed E-state index contributed by atoms with van der Waals surface area (Å²) in [5.74, 6) is -0.567. The van der Waals surface area contributed by atoms with E-state index in [1.807, 2.05) is 32.0 Å². The number of hydrogen-bond donors (Lipinski definition) is 2. The number of carbonyl (C=O) groups excluding carboxylic acids is 3. The number of aryl methyl sites for hydroxylation is 1. The van der Waals surface area contributed by atoms with Crippen LogP contribution in [0.3, 0.4) is 0 Å². The maximum absolute atomic E-state index is 12.5. The van der Waals surface area contributed by atoms with Crippen LogP contribution in [0.2, 0.25) is 0 Å². The first-order valence-corrected chi connectivity index (χ1v) is 9.90. The van der Waals surface area contributed by atoms with Crippen LogP contribution in [0.5, 0.6) is 0 Å². The molecule has 1 aromatic rings. The Morgan fingerprint density at radius 3 is 2.48 bits per heavy atom. The Bertz CT molecular complexity index is 733. The molecule has 3 amide bonds. The number of nitrogens with one attached hydrogen (secondary N) is 2. The fourth-order valence-corrected chi connectivity index (χ4v) is 2.83. The first-order chi connectivity index (χ1) is 13.8. The molecule has 1 saturated carbocycles. The molecule has 0 spiro atoms. The maximum atomic E-state index is 12.5. The summed E-state index contributed by atoms with van der Waals surface area (Å²) < 4.78 is 5.10. The molecule has 1 aromatic carbocycles. The van der Waals surface area contributed by atoms with Crippen molar-refractivity contribution in [1.82, 2.24) is 15.1 Å². The maximum Gasteiger partial charge on any atom is 0.239 e. The summed E-state index contributed by atoms with van der Waals surface area (Å²) in [6, 6.07) is 6.00. The molecule has 1 aliphatic carbocycles. The Labute approximate surface area is 172 Å². The Hall–Kier alpha value is -2.45. The predicted octanol–water partition coefficient (Wildman–Crippen LogP) is 0.927. The van der Waals surface area contributed by atoms with Gasteiger partial charge in [-0.25, -0.2) is 0 Å². The van der Waals surface area contributed by atoms with Crippen LogP contribution in [0, 0.1) is 13.8 Å². The molecule has 8 nitrogen and oxygen atoms in total. The predicted molar refractivity (Wildman–Crippen MR) is 112 cm³/mol. The number of carbonyl (C=O) groups is 3. The fraction of sp³-hybridized carbons (Fsp3) is 0.571. The molecule has 0 saturated heterocycles. The summed E-state index contributed by atoms with van der Waals surface area (Å²) in [7, 11) is 3.17. The smallest absolute Gasteiger partial charge is 0.239 e. The van der Waals surface area contributed by atoms with E-state index in [9.17, 15) is 14.4 Å². The molecule has 8 heteroatoms. The average molecular weight is 405 g/mol. The van der Waals surface area contributed by atoms with Crippen molar-refractivity contribution < 1.29 is 19.1 Å². The molecule has 2 rings (SSSR count). The van der Waals surface area contributed by atoms with Crippen LogP contribution in [0.25, 0.3) is 0 Å². The molecular weight excluding hydrogens is 372 g/mol. The summed E-state index contributed by atoms with van der Waals surface area (Å²) >= 11 is 0. The lowest BCUT2D eigenvalue weighted by atomic mass is 10.1. The van der Waals surface area contributed by atoms with Gasteiger partial charge < -0.3 is 20.3 Å². The third-order valence-corrected chi connectivity index (χ3v) is 4.97. The highest BCUT2D eigenvalue weighted by molar-refractivity contribution is 5.93. The van der Waals surface area contributed by atoms with Crippen LogP contribution in [0.4, 0.5) is 5.69 Å². The number of likely N-dealkylation sites (N-methyl/N-ethyl adjacent to an activating group) is 1. The zero-order chi connectivity index (χ0) is 21.4. The van der Waals surface area contributed by atoms with Crippen molar-refractivity contribution in [3.63, 3.8) is 0 Å².